The van der Waals surface area contributed by atoms with Crippen molar-refractivity contribution in [2.75, 3.05) is 6.54 Å². The predicted octanol–water partition coefficient (Wildman–Crippen LogP) is 4.32. The van der Waals surface area contributed by atoms with Crippen LogP contribution in [0.2, 0.25) is 0 Å². The number of carbonyl (C=O) groups excluding carboxylic acids is 1. The smallest absolute Gasteiger partial charge is 0.293 e. The van der Waals surface area contributed by atoms with Crippen molar-refractivity contribution in [3.8, 4) is 11.3 Å². The topological polar surface area (TPSA) is 72.4 Å². The fraction of sp³-hybridized carbons (Fsp3) is 0.350. The van der Waals surface area contributed by atoms with Crippen molar-refractivity contribution in [3.05, 3.63) is 58.9 Å². The van der Waals surface area contributed by atoms with Gasteiger partial charge in [0.15, 0.2) is 0 Å². The molecule has 7 heteroatoms. The van der Waals surface area contributed by atoms with Crippen molar-refractivity contribution in [1.82, 2.24) is 15.2 Å². The third kappa shape index (κ3) is 3.13. The summed E-state index contributed by atoms with van der Waals surface area (Å²) in [5.41, 5.74) is 3.02. The molecule has 1 aliphatic rings. The predicted molar refractivity (Wildman–Crippen MR) is 95.5 cm³/mol. The second-order valence-electron chi connectivity index (χ2n) is 6.70. The number of benzene rings is 1. The van der Waals surface area contributed by atoms with Crippen molar-refractivity contribution in [1.29, 1.82) is 0 Å². The van der Waals surface area contributed by atoms with Gasteiger partial charge in [-0.25, -0.2) is 4.39 Å². The van der Waals surface area contributed by atoms with Gasteiger partial charge < -0.3 is 13.9 Å². The number of halogens is 1. The van der Waals surface area contributed by atoms with Gasteiger partial charge in [-0.1, -0.05) is 17.2 Å². The van der Waals surface area contributed by atoms with E-state index in [1.54, 1.807) is 23.1 Å². The average molecular weight is 369 g/mol. The zero-order chi connectivity index (χ0) is 19.0. The fourth-order valence-electron chi connectivity index (χ4n) is 3.69. The van der Waals surface area contributed by atoms with Gasteiger partial charge in [0.1, 0.15) is 17.3 Å². The van der Waals surface area contributed by atoms with Gasteiger partial charge in [-0.2, -0.15) is 0 Å². The van der Waals surface area contributed by atoms with Crippen LogP contribution in [0.4, 0.5) is 4.39 Å². The van der Waals surface area contributed by atoms with Gasteiger partial charge >= 0.3 is 0 Å². The van der Waals surface area contributed by atoms with Crippen LogP contribution in [-0.2, 0) is 6.42 Å². The van der Waals surface area contributed by atoms with Gasteiger partial charge in [0.2, 0.25) is 5.76 Å². The Hall–Kier alpha value is -2.96. The van der Waals surface area contributed by atoms with E-state index >= 15 is 0 Å². The lowest BCUT2D eigenvalue weighted by atomic mass is 10.0. The first-order valence-electron chi connectivity index (χ1n) is 9.07. The monoisotopic (exact) mass is 369 g/mol. The Balaban J connectivity index is 1.60. The molecule has 1 aliphatic heterocycles. The van der Waals surface area contributed by atoms with Crippen molar-refractivity contribution in [2.45, 2.75) is 39.2 Å². The Morgan fingerprint density at radius 1 is 1.26 bits per heavy atom. The van der Waals surface area contributed by atoms with Crippen molar-refractivity contribution in [2.24, 2.45) is 0 Å². The third-order valence-electron chi connectivity index (χ3n) is 5.01. The lowest BCUT2D eigenvalue weighted by molar-refractivity contribution is 0.0692. The molecular weight excluding hydrogens is 349 g/mol. The van der Waals surface area contributed by atoms with E-state index in [4.69, 9.17) is 9.05 Å². The Kier molecular flexibility index (Phi) is 4.51. The normalized spacial score (nSPS) is 16.9. The number of carbonyl (C=O) groups is 1. The molecule has 4 rings (SSSR count). The van der Waals surface area contributed by atoms with E-state index in [9.17, 15) is 9.18 Å². The highest BCUT2D eigenvalue weighted by Crippen LogP contribution is 2.37. The largest absolute Gasteiger partial charge is 0.361 e. The third-order valence-corrected chi connectivity index (χ3v) is 5.01. The first-order chi connectivity index (χ1) is 13.1. The average Bonchev–Trinajstić information content (AvgIpc) is 3.40. The minimum absolute atomic E-state index is 0.0712. The van der Waals surface area contributed by atoms with Crippen LogP contribution in [0.5, 0.6) is 0 Å². The van der Waals surface area contributed by atoms with Crippen LogP contribution < -0.4 is 0 Å². The highest BCUT2D eigenvalue weighted by Gasteiger charge is 2.36. The maximum absolute atomic E-state index is 13.1. The van der Waals surface area contributed by atoms with E-state index in [-0.39, 0.29) is 23.5 Å². The maximum atomic E-state index is 13.1. The van der Waals surface area contributed by atoms with Gasteiger partial charge in [-0.05, 0) is 44.0 Å². The van der Waals surface area contributed by atoms with Crippen molar-refractivity contribution >= 4 is 5.91 Å². The number of hydrogen-bond acceptors (Lipinski definition) is 5. The molecule has 3 heterocycles. The highest BCUT2D eigenvalue weighted by molar-refractivity contribution is 5.93. The molecule has 0 saturated carbocycles. The molecule has 0 unspecified atom stereocenters. The number of rotatable bonds is 4. The molecule has 1 atom stereocenters. The Morgan fingerprint density at radius 3 is 2.78 bits per heavy atom. The summed E-state index contributed by atoms with van der Waals surface area (Å²) in [5.74, 6) is 0.463. The van der Waals surface area contributed by atoms with Gasteiger partial charge in [0, 0.05) is 30.2 Å². The fourth-order valence-corrected chi connectivity index (χ4v) is 3.69. The quantitative estimate of drug-likeness (QED) is 0.685. The lowest BCUT2D eigenvalue weighted by Crippen LogP contribution is -2.30. The summed E-state index contributed by atoms with van der Waals surface area (Å²) in [4.78, 5) is 14.8. The minimum Gasteiger partial charge on any atom is -0.361 e. The van der Waals surface area contributed by atoms with E-state index in [2.05, 4.69) is 10.3 Å². The number of likely N-dealkylation sites (tertiary alicyclic amines) is 1. The molecule has 0 spiro atoms. The van der Waals surface area contributed by atoms with E-state index in [1.807, 2.05) is 13.8 Å². The molecule has 140 valence electrons. The first-order valence-corrected chi connectivity index (χ1v) is 9.07. The molecule has 0 radical (unpaired) electrons. The van der Waals surface area contributed by atoms with E-state index in [0.717, 1.165) is 36.3 Å². The van der Waals surface area contributed by atoms with Crippen LogP contribution in [0.15, 0.2) is 39.4 Å². The highest BCUT2D eigenvalue weighted by atomic mass is 19.1. The maximum Gasteiger partial charge on any atom is 0.293 e. The number of amides is 1. The molecule has 2 aromatic heterocycles. The summed E-state index contributed by atoms with van der Waals surface area (Å²) in [6, 6.07) is 7.44. The van der Waals surface area contributed by atoms with Gasteiger partial charge in [0.25, 0.3) is 5.91 Å². The Labute approximate surface area is 155 Å². The van der Waals surface area contributed by atoms with Crippen LogP contribution in [-0.4, -0.2) is 27.7 Å². The molecule has 0 bridgehead atoms. The molecule has 27 heavy (non-hydrogen) atoms. The van der Waals surface area contributed by atoms with E-state index in [1.165, 1.54) is 12.1 Å². The summed E-state index contributed by atoms with van der Waals surface area (Å²) >= 11 is 0. The number of hydrogen-bond donors (Lipinski definition) is 0. The molecule has 3 aromatic rings. The molecule has 1 fully saturated rings. The van der Waals surface area contributed by atoms with Crippen LogP contribution >= 0.6 is 0 Å². The SMILES string of the molecule is CCc1onc(C)c1[C@H]1CCCN1C(=O)c1cc(-c2ccc(F)cc2)no1. The summed E-state index contributed by atoms with van der Waals surface area (Å²) in [6.07, 6.45) is 2.49. The number of nitrogens with zero attached hydrogens (tertiary/aromatic N) is 3. The first kappa shape index (κ1) is 17.5. The molecule has 6 nitrogen and oxygen atoms in total. The zero-order valence-electron chi connectivity index (χ0n) is 15.2. The molecular formula is C20H20FN3O3. The van der Waals surface area contributed by atoms with Gasteiger partial charge in [-0.3, -0.25) is 4.79 Å². The standard InChI is InChI=1S/C20H20FN3O3/c1-3-17-19(12(2)22-26-17)16-5-4-10-24(16)20(25)18-11-15(23-27-18)13-6-8-14(21)9-7-13/h6-9,11,16H,3-5,10H2,1-2H3/t16-/m1/s1. The number of aromatic nitrogens is 2. The molecule has 1 aromatic carbocycles. The second-order valence-corrected chi connectivity index (χ2v) is 6.70. The van der Waals surface area contributed by atoms with Crippen LogP contribution in [0, 0.1) is 12.7 Å². The summed E-state index contributed by atoms with van der Waals surface area (Å²) < 4.78 is 23.8. The summed E-state index contributed by atoms with van der Waals surface area (Å²) in [7, 11) is 0. The van der Waals surface area contributed by atoms with Gasteiger partial charge in [-0.15, -0.1) is 0 Å². The summed E-state index contributed by atoms with van der Waals surface area (Å²) in [6.45, 7) is 4.56. The van der Waals surface area contributed by atoms with Crippen molar-refractivity contribution < 1.29 is 18.2 Å². The molecule has 0 N–H and O–H groups in total. The Bertz CT molecular complexity index is 961. The van der Waals surface area contributed by atoms with Gasteiger partial charge in [0.05, 0.1) is 11.7 Å². The minimum atomic E-state index is -0.325. The van der Waals surface area contributed by atoms with Crippen LogP contribution in [0.1, 0.15) is 53.4 Å². The number of aryl methyl sites for hydroxylation is 2. The lowest BCUT2D eigenvalue weighted by Gasteiger charge is -2.23. The molecule has 1 amide bonds. The Morgan fingerprint density at radius 2 is 2.04 bits per heavy atom. The zero-order valence-corrected chi connectivity index (χ0v) is 15.2. The molecule has 0 aliphatic carbocycles. The second kappa shape index (κ2) is 6.98. The van der Waals surface area contributed by atoms with E-state index < -0.39 is 0 Å². The van der Waals surface area contributed by atoms with Crippen molar-refractivity contribution in [3.63, 3.8) is 0 Å². The van der Waals surface area contributed by atoms with Crippen LogP contribution in [0.3, 0.4) is 0 Å². The van der Waals surface area contributed by atoms with Crippen LogP contribution in [0.25, 0.3) is 11.3 Å². The summed E-state index contributed by atoms with van der Waals surface area (Å²) in [5, 5.41) is 8.04. The molecule has 1 saturated heterocycles. The van der Waals surface area contributed by atoms with E-state index in [0.29, 0.717) is 17.8 Å².